The van der Waals surface area contributed by atoms with Crippen LogP contribution < -0.4 is 5.56 Å². The molecule has 0 amide bonds. The molecule has 0 bridgehead atoms. The topological polar surface area (TPSA) is 102 Å². The Bertz CT molecular complexity index is 1630. The van der Waals surface area contributed by atoms with Gasteiger partial charge >= 0.3 is 0 Å². The summed E-state index contributed by atoms with van der Waals surface area (Å²) in [5, 5.41) is 11.4. The number of unbranched alkanes of at least 4 members (excludes halogenated alkanes) is 1. The number of aryl methyl sites for hydroxylation is 2. The molecule has 1 aliphatic carbocycles. The SMILES string of the molecule is CCCCc1nc(=O)c(S(=O)(=O)c2ccc(-c3cncc(F)c3)cc2)c(O)n1[C@H]1CCc2ccccc21. The van der Waals surface area contributed by atoms with E-state index in [9.17, 15) is 22.7 Å². The summed E-state index contributed by atoms with van der Waals surface area (Å²) in [6, 6.07) is 14.5. The fourth-order valence-corrected chi connectivity index (χ4v) is 6.28. The summed E-state index contributed by atoms with van der Waals surface area (Å²) in [4.78, 5) is 20.1. The van der Waals surface area contributed by atoms with Crippen LogP contribution in [-0.4, -0.2) is 28.1 Å². The number of rotatable bonds is 7. The van der Waals surface area contributed by atoms with Gasteiger partial charge in [-0.25, -0.2) is 12.8 Å². The van der Waals surface area contributed by atoms with Gasteiger partial charge in [-0.1, -0.05) is 49.7 Å². The maximum absolute atomic E-state index is 13.6. The monoisotopic (exact) mass is 519 g/mol. The Kier molecular flexibility index (Phi) is 6.64. The second kappa shape index (κ2) is 9.89. The Labute approximate surface area is 214 Å². The molecule has 0 saturated carbocycles. The van der Waals surface area contributed by atoms with Crippen molar-refractivity contribution in [1.29, 1.82) is 0 Å². The lowest BCUT2D eigenvalue weighted by Crippen LogP contribution is -2.27. The van der Waals surface area contributed by atoms with Gasteiger partial charge in [-0.2, -0.15) is 4.98 Å². The van der Waals surface area contributed by atoms with Crippen molar-refractivity contribution in [2.45, 2.75) is 54.9 Å². The Hall–Kier alpha value is -3.85. The molecule has 0 radical (unpaired) electrons. The van der Waals surface area contributed by atoms with Gasteiger partial charge in [0.15, 0.2) is 4.90 Å². The van der Waals surface area contributed by atoms with Crippen molar-refractivity contribution in [2.75, 3.05) is 0 Å². The van der Waals surface area contributed by atoms with Crippen LogP contribution in [0.4, 0.5) is 4.39 Å². The van der Waals surface area contributed by atoms with Crippen LogP contribution in [0.3, 0.4) is 0 Å². The molecule has 37 heavy (non-hydrogen) atoms. The number of nitrogens with zero attached hydrogens (tertiary/aromatic N) is 3. The van der Waals surface area contributed by atoms with Crippen molar-refractivity contribution in [2.24, 2.45) is 0 Å². The third-order valence-electron chi connectivity index (χ3n) is 6.77. The van der Waals surface area contributed by atoms with Crippen LogP contribution in [0.15, 0.2) is 81.6 Å². The van der Waals surface area contributed by atoms with E-state index < -0.39 is 32.0 Å². The number of fused-ring (bicyclic) bond motifs is 1. The molecule has 0 fully saturated rings. The zero-order valence-electron chi connectivity index (χ0n) is 20.3. The van der Waals surface area contributed by atoms with E-state index in [4.69, 9.17) is 0 Å². The summed E-state index contributed by atoms with van der Waals surface area (Å²) in [5.41, 5.74) is 2.17. The van der Waals surface area contributed by atoms with Crippen molar-refractivity contribution in [1.82, 2.24) is 14.5 Å². The Morgan fingerprint density at radius 3 is 2.57 bits per heavy atom. The molecule has 2 aromatic heterocycles. The predicted octanol–water partition coefficient (Wildman–Crippen LogP) is 4.86. The highest BCUT2D eigenvalue weighted by Crippen LogP contribution is 2.39. The van der Waals surface area contributed by atoms with Crippen LogP contribution in [0.1, 0.15) is 49.2 Å². The summed E-state index contributed by atoms with van der Waals surface area (Å²) >= 11 is 0. The van der Waals surface area contributed by atoms with Crippen LogP contribution in [0.25, 0.3) is 11.1 Å². The summed E-state index contributed by atoms with van der Waals surface area (Å²) in [6.07, 6.45) is 6.01. The fraction of sp³-hybridized carbons (Fsp3) is 0.250. The van der Waals surface area contributed by atoms with Gasteiger partial charge in [-0.15, -0.1) is 0 Å². The third-order valence-corrected chi connectivity index (χ3v) is 8.56. The van der Waals surface area contributed by atoms with Gasteiger partial charge in [-0.3, -0.25) is 14.3 Å². The van der Waals surface area contributed by atoms with E-state index in [-0.39, 0.29) is 10.9 Å². The maximum Gasteiger partial charge on any atom is 0.296 e. The molecule has 1 atom stereocenters. The number of pyridine rings is 1. The first kappa shape index (κ1) is 24.8. The number of aromatic hydroxyl groups is 1. The Balaban J connectivity index is 1.62. The van der Waals surface area contributed by atoms with Gasteiger partial charge in [0, 0.05) is 18.2 Å². The van der Waals surface area contributed by atoms with Crippen molar-refractivity contribution >= 4 is 9.84 Å². The van der Waals surface area contributed by atoms with Gasteiger partial charge in [0.1, 0.15) is 11.6 Å². The minimum Gasteiger partial charge on any atom is -0.493 e. The minimum absolute atomic E-state index is 0.172. The van der Waals surface area contributed by atoms with Crippen molar-refractivity contribution in [3.05, 3.63) is 100 Å². The average Bonchev–Trinajstić information content (AvgIpc) is 3.31. The van der Waals surface area contributed by atoms with Crippen molar-refractivity contribution in [3.8, 4) is 17.0 Å². The highest BCUT2D eigenvalue weighted by molar-refractivity contribution is 7.91. The van der Waals surface area contributed by atoms with Gasteiger partial charge in [-0.05, 0) is 54.2 Å². The van der Waals surface area contributed by atoms with Crippen LogP contribution in [-0.2, 0) is 22.7 Å². The van der Waals surface area contributed by atoms with E-state index in [0.717, 1.165) is 36.6 Å². The number of aromatic nitrogens is 3. The lowest BCUT2D eigenvalue weighted by molar-refractivity contribution is 0.361. The number of sulfone groups is 1. The molecule has 9 heteroatoms. The zero-order valence-corrected chi connectivity index (χ0v) is 21.1. The fourth-order valence-electron chi connectivity index (χ4n) is 4.94. The zero-order chi connectivity index (χ0) is 26.2. The first-order valence-electron chi connectivity index (χ1n) is 12.2. The lowest BCUT2D eigenvalue weighted by Gasteiger charge is -2.23. The molecule has 0 saturated heterocycles. The van der Waals surface area contributed by atoms with Crippen molar-refractivity contribution < 1.29 is 17.9 Å². The third kappa shape index (κ3) is 4.55. The number of benzene rings is 2. The van der Waals surface area contributed by atoms with E-state index in [1.165, 1.54) is 41.1 Å². The first-order chi connectivity index (χ1) is 17.8. The summed E-state index contributed by atoms with van der Waals surface area (Å²) in [6.45, 7) is 2.01. The molecule has 1 N–H and O–H groups in total. The quantitative estimate of drug-likeness (QED) is 0.374. The molecular formula is C28H26FN3O4S. The van der Waals surface area contributed by atoms with E-state index in [1.54, 1.807) is 0 Å². The molecule has 0 unspecified atom stereocenters. The van der Waals surface area contributed by atoms with Crippen LogP contribution >= 0.6 is 0 Å². The Morgan fingerprint density at radius 2 is 1.84 bits per heavy atom. The number of hydrogen-bond acceptors (Lipinski definition) is 6. The molecule has 0 spiro atoms. The highest BCUT2D eigenvalue weighted by Gasteiger charge is 2.34. The largest absolute Gasteiger partial charge is 0.493 e. The molecule has 7 nitrogen and oxygen atoms in total. The molecule has 1 aliphatic rings. The predicted molar refractivity (Wildman–Crippen MR) is 137 cm³/mol. The molecule has 4 aromatic rings. The maximum atomic E-state index is 13.6. The first-order valence-corrected chi connectivity index (χ1v) is 13.7. The second-order valence-electron chi connectivity index (χ2n) is 9.13. The van der Waals surface area contributed by atoms with Crippen LogP contribution in [0, 0.1) is 5.82 Å². The molecular weight excluding hydrogens is 493 g/mol. The average molecular weight is 520 g/mol. The lowest BCUT2D eigenvalue weighted by atomic mass is 10.1. The number of halogens is 1. The normalized spacial score (nSPS) is 15.0. The van der Waals surface area contributed by atoms with Crippen LogP contribution in [0.2, 0.25) is 0 Å². The van der Waals surface area contributed by atoms with Crippen LogP contribution in [0.5, 0.6) is 5.88 Å². The van der Waals surface area contributed by atoms with Gasteiger partial charge in [0.05, 0.1) is 17.1 Å². The smallest absolute Gasteiger partial charge is 0.296 e. The Morgan fingerprint density at radius 1 is 1.08 bits per heavy atom. The molecule has 2 heterocycles. The summed E-state index contributed by atoms with van der Waals surface area (Å²) < 4.78 is 42.4. The van der Waals surface area contributed by atoms with E-state index >= 15 is 0 Å². The van der Waals surface area contributed by atoms with Gasteiger partial charge < -0.3 is 5.11 Å². The van der Waals surface area contributed by atoms with Gasteiger partial charge in [0.25, 0.3) is 5.56 Å². The molecule has 2 aromatic carbocycles. The van der Waals surface area contributed by atoms with E-state index in [2.05, 4.69) is 9.97 Å². The molecule has 190 valence electrons. The van der Waals surface area contributed by atoms with E-state index in [1.807, 2.05) is 31.2 Å². The second-order valence-corrected chi connectivity index (χ2v) is 11.0. The summed E-state index contributed by atoms with van der Waals surface area (Å²) in [7, 11) is -4.41. The number of hydrogen-bond donors (Lipinski definition) is 1. The molecule has 0 aliphatic heterocycles. The standard InChI is InChI=1S/C28H26FN3O4S/c1-2-3-8-25-31-27(33)26(28(34)32(25)24-14-11-19-6-4-5-7-23(19)24)37(35,36)22-12-9-18(10-13-22)20-15-21(29)17-30-16-20/h4-7,9-10,12-13,15-17,24,34H,2-3,8,11,14H2,1H3/t24-/m0/s1. The minimum atomic E-state index is -4.41. The highest BCUT2D eigenvalue weighted by atomic mass is 32.2. The van der Waals surface area contributed by atoms with Gasteiger partial charge in [0.2, 0.25) is 15.7 Å². The molecule has 5 rings (SSSR count). The van der Waals surface area contributed by atoms with E-state index in [0.29, 0.717) is 29.8 Å². The van der Waals surface area contributed by atoms with Crippen molar-refractivity contribution in [3.63, 3.8) is 0 Å². The summed E-state index contributed by atoms with van der Waals surface area (Å²) in [5.74, 6) is -0.729.